The number of nitrogens with one attached hydrogen (secondary N) is 1. The molecule has 0 spiro atoms. The lowest BCUT2D eigenvalue weighted by atomic mass is 9.86. The zero-order valence-electron chi connectivity index (χ0n) is 24.0. The van der Waals surface area contributed by atoms with E-state index < -0.39 is 23.3 Å². The van der Waals surface area contributed by atoms with Crippen LogP contribution in [0.1, 0.15) is 69.2 Å². The van der Waals surface area contributed by atoms with Crippen LogP contribution in [0, 0.1) is 5.92 Å². The monoisotopic (exact) mass is 575 g/mol. The van der Waals surface area contributed by atoms with Gasteiger partial charge in [0.1, 0.15) is 12.7 Å². The molecule has 0 bridgehead atoms. The Morgan fingerprint density at radius 3 is 2.60 bits per heavy atom. The summed E-state index contributed by atoms with van der Waals surface area (Å²) < 4.78 is 24.2. The van der Waals surface area contributed by atoms with E-state index in [9.17, 15) is 19.5 Å². The lowest BCUT2D eigenvalue weighted by molar-refractivity contribution is -0.172. The van der Waals surface area contributed by atoms with Gasteiger partial charge in [-0.1, -0.05) is 6.92 Å². The number of carbonyl (C=O) groups excluding carboxylic acids is 2. The molecule has 1 saturated carbocycles. The fourth-order valence-electron chi connectivity index (χ4n) is 6.17. The van der Waals surface area contributed by atoms with Crippen molar-refractivity contribution >= 4 is 22.8 Å². The molecule has 2 atom stereocenters. The Balaban J connectivity index is 1.35. The maximum atomic E-state index is 13.7. The van der Waals surface area contributed by atoms with Crippen molar-refractivity contribution in [2.45, 2.75) is 84.0 Å². The molecule has 7 rings (SSSR count). The number of rotatable bonds is 6. The summed E-state index contributed by atoms with van der Waals surface area (Å²) in [7, 11) is 0. The fourth-order valence-corrected chi connectivity index (χ4v) is 6.17. The van der Waals surface area contributed by atoms with E-state index in [4.69, 9.17) is 23.9 Å². The standard InChI is InChI=1S/C31H33N3O8/c1-5-31(38)20-9-22-25-18(12-34(22)28(36)19(20)13-39-29(31)37)17(16-8-23-24(41-14-40-23)10-21(16)33-25)11-32-27(35)26(15-6-7-15)42-30(2,3)4/h8-10,15,26,38H,5-7,11-14H2,1-4H3,(H,32,35)/t26?,31-/m0/s1. The number of cyclic esters (lactones) is 1. The van der Waals surface area contributed by atoms with Crippen molar-refractivity contribution in [2.75, 3.05) is 6.79 Å². The number of fused-ring (bicyclic) bond motifs is 6. The van der Waals surface area contributed by atoms with Crippen molar-refractivity contribution in [1.82, 2.24) is 14.9 Å². The van der Waals surface area contributed by atoms with Crippen molar-refractivity contribution < 1.29 is 33.6 Å². The maximum Gasteiger partial charge on any atom is 0.343 e. The summed E-state index contributed by atoms with van der Waals surface area (Å²) in [5, 5.41) is 15.1. The summed E-state index contributed by atoms with van der Waals surface area (Å²) in [6.45, 7) is 7.77. The second kappa shape index (κ2) is 9.27. The van der Waals surface area contributed by atoms with Crippen LogP contribution in [0.2, 0.25) is 0 Å². The predicted octanol–water partition coefficient (Wildman–Crippen LogP) is 3.02. The highest BCUT2D eigenvalue weighted by molar-refractivity contribution is 5.92. The Morgan fingerprint density at radius 1 is 1.17 bits per heavy atom. The van der Waals surface area contributed by atoms with Gasteiger partial charge in [0.25, 0.3) is 5.56 Å². The second-order valence-electron chi connectivity index (χ2n) is 12.4. The number of aromatic nitrogens is 2. The molecule has 2 aromatic heterocycles. The lowest BCUT2D eigenvalue weighted by Gasteiger charge is -2.31. The number of pyridine rings is 2. The molecule has 42 heavy (non-hydrogen) atoms. The van der Waals surface area contributed by atoms with Crippen LogP contribution >= 0.6 is 0 Å². The molecule has 5 heterocycles. The Labute approximate surface area is 241 Å². The SMILES string of the molecule is CC[C@@]1(O)C(=O)OCc2c1cc1n(c2=O)Cc2c-1nc1cc3c(cc1c2CNC(=O)C(OC(C)(C)C)C1CC1)OCO3. The first kappa shape index (κ1) is 26.9. The first-order chi connectivity index (χ1) is 20.0. The third-order valence-electron chi connectivity index (χ3n) is 8.53. The van der Waals surface area contributed by atoms with E-state index in [0.29, 0.717) is 28.4 Å². The Kier molecular flexibility index (Phi) is 5.94. The lowest BCUT2D eigenvalue weighted by Crippen LogP contribution is -2.44. The average Bonchev–Trinajstić information content (AvgIpc) is 3.58. The van der Waals surface area contributed by atoms with E-state index >= 15 is 0 Å². The zero-order chi connectivity index (χ0) is 29.6. The summed E-state index contributed by atoms with van der Waals surface area (Å²) in [5.74, 6) is 0.371. The van der Waals surface area contributed by atoms with Crippen LogP contribution in [0.3, 0.4) is 0 Å². The Hall–Kier alpha value is -3.96. The molecule has 1 aliphatic carbocycles. The predicted molar refractivity (Wildman–Crippen MR) is 150 cm³/mol. The van der Waals surface area contributed by atoms with Crippen molar-refractivity contribution in [3.63, 3.8) is 0 Å². The van der Waals surface area contributed by atoms with Gasteiger partial charge in [-0.25, -0.2) is 9.78 Å². The number of hydrogen-bond acceptors (Lipinski definition) is 9. The number of benzene rings is 1. The van der Waals surface area contributed by atoms with Crippen LogP contribution in [0.5, 0.6) is 11.5 Å². The highest BCUT2D eigenvalue weighted by Crippen LogP contribution is 2.43. The van der Waals surface area contributed by atoms with Gasteiger partial charge in [-0.2, -0.15) is 0 Å². The largest absolute Gasteiger partial charge is 0.458 e. The van der Waals surface area contributed by atoms with Crippen LogP contribution in [0.25, 0.3) is 22.3 Å². The van der Waals surface area contributed by atoms with Crippen molar-refractivity contribution in [1.29, 1.82) is 0 Å². The number of amides is 1. The molecule has 1 fully saturated rings. The molecular weight excluding hydrogens is 542 g/mol. The minimum atomic E-state index is -1.92. The minimum Gasteiger partial charge on any atom is -0.458 e. The van der Waals surface area contributed by atoms with Crippen LogP contribution in [0.15, 0.2) is 23.0 Å². The molecule has 1 amide bonds. The summed E-state index contributed by atoms with van der Waals surface area (Å²) in [6.07, 6.45) is 1.40. The quantitative estimate of drug-likeness (QED) is 0.332. The number of ether oxygens (including phenoxy) is 4. The summed E-state index contributed by atoms with van der Waals surface area (Å²) in [4.78, 5) is 44.7. The van der Waals surface area contributed by atoms with Crippen LogP contribution in [-0.4, -0.2) is 45.0 Å². The zero-order valence-corrected chi connectivity index (χ0v) is 24.0. The number of aliphatic hydroxyl groups is 1. The number of carbonyl (C=O) groups is 2. The summed E-state index contributed by atoms with van der Waals surface area (Å²) in [5.41, 5.74) is 0.981. The van der Waals surface area contributed by atoms with E-state index in [1.165, 1.54) is 0 Å². The van der Waals surface area contributed by atoms with E-state index in [0.717, 1.165) is 29.4 Å². The van der Waals surface area contributed by atoms with Crippen LogP contribution in [-0.2, 0) is 44.4 Å². The first-order valence-electron chi connectivity index (χ1n) is 14.4. The van der Waals surface area contributed by atoms with Gasteiger partial charge >= 0.3 is 5.97 Å². The van der Waals surface area contributed by atoms with Gasteiger partial charge in [-0.05, 0) is 63.6 Å². The van der Waals surface area contributed by atoms with Gasteiger partial charge in [0.15, 0.2) is 17.1 Å². The Morgan fingerprint density at radius 2 is 1.90 bits per heavy atom. The molecular formula is C31H33N3O8. The molecule has 11 nitrogen and oxygen atoms in total. The molecule has 220 valence electrons. The van der Waals surface area contributed by atoms with E-state index in [1.54, 1.807) is 23.6 Å². The normalized spacial score (nSPS) is 21.0. The molecule has 4 aliphatic rings. The number of nitrogens with zero attached hydrogens (tertiary/aromatic N) is 2. The minimum absolute atomic E-state index is 0.0548. The van der Waals surface area contributed by atoms with Gasteiger partial charge in [-0.3, -0.25) is 9.59 Å². The molecule has 0 radical (unpaired) electrons. The van der Waals surface area contributed by atoms with E-state index in [1.807, 2.05) is 26.8 Å². The topological polar surface area (TPSA) is 138 Å². The van der Waals surface area contributed by atoms with Crippen LogP contribution in [0.4, 0.5) is 0 Å². The average molecular weight is 576 g/mol. The fraction of sp³-hybridized carbons (Fsp3) is 0.484. The summed E-state index contributed by atoms with van der Waals surface area (Å²) in [6, 6.07) is 5.33. The summed E-state index contributed by atoms with van der Waals surface area (Å²) >= 11 is 0. The second-order valence-corrected chi connectivity index (χ2v) is 12.4. The van der Waals surface area contributed by atoms with Gasteiger partial charge in [0, 0.05) is 29.1 Å². The van der Waals surface area contributed by atoms with Crippen molar-refractivity contribution in [2.24, 2.45) is 5.92 Å². The first-order valence-corrected chi connectivity index (χ1v) is 14.4. The molecule has 0 saturated heterocycles. The highest BCUT2D eigenvalue weighted by Gasteiger charge is 2.46. The number of esters is 1. The molecule has 3 aliphatic heterocycles. The van der Waals surface area contributed by atoms with Gasteiger partial charge in [-0.15, -0.1) is 0 Å². The molecule has 1 aromatic carbocycles. The van der Waals surface area contributed by atoms with Crippen LogP contribution < -0.4 is 20.3 Å². The third-order valence-corrected chi connectivity index (χ3v) is 8.53. The smallest absolute Gasteiger partial charge is 0.343 e. The third kappa shape index (κ3) is 4.17. The van der Waals surface area contributed by atoms with E-state index in [2.05, 4.69) is 5.32 Å². The van der Waals surface area contributed by atoms with Gasteiger partial charge in [0.2, 0.25) is 12.7 Å². The Bertz CT molecular complexity index is 1740. The highest BCUT2D eigenvalue weighted by atomic mass is 16.7. The molecule has 2 N–H and O–H groups in total. The molecule has 1 unspecified atom stereocenters. The van der Waals surface area contributed by atoms with Crippen molar-refractivity contribution in [3.8, 4) is 22.9 Å². The number of hydrogen-bond donors (Lipinski definition) is 2. The van der Waals surface area contributed by atoms with Crippen molar-refractivity contribution in [3.05, 3.63) is 50.8 Å². The maximum absolute atomic E-state index is 13.7. The molecule has 3 aromatic rings. The molecule has 11 heteroatoms. The van der Waals surface area contributed by atoms with E-state index in [-0.39, 0.29) is 61.4 Å². The van der Waals surface area contributed by atoms with Gasteiger partial charge < -0.3 is 33.9 Å². The van der Waals surface area contributed by atoms with Gasteiger partial charge in [0.05, 0.1) is 34.6 Å².